The number of aryl methyl sites for hydroxylation is 2. The number of carbonyl (C=O) groups excluding carboxylic acids is 1. The summed E-state index contributed by atoms with van der Waals surface area (Å²) in [6.45, 7) is 8.30. The summed E-state index contributed by atoms with van der Waals surface area (Å²) in [4.78, 5) is 23.4. The fraction of sp³-hybridized carbons (Fsp3) is 0.706. The van der Waals surface area contributed by atoms with Crippen LogP contribution in [0.15, 0.2) is 5.16 Å². The summed E-state index contributed by atoms with van der Waals surface area (Å²) in [5.41, 5.74) is 3.08. The van der Waals surface area contributed by atoms with Crippen LogP contribution in [0.4, 0.5) is 0 Å². The third-order valence-electron chi connectivity index (χ3n) is 4.30. The van der Waals surface area contributed by atoms with Gasteiger partial charge in [0.2, 0.25) is 5.91 Å². The Balaban J connectivity index is 1.94. The van der Waals surface area contributed by atoms with Crippen LogP contribution in [0.3, 0.4) is 0 Å². The molecule has 0 N–H and O–H groups in total. The van der Waals surface area contributed by atoms with E-state index in [9.17, 15) is 4.79 Å². The highest BCUT2D eigenvalue weighted by Crippen LogP contribution is 2.19. The molecule has 0 aliphatic carbocycles. The predicted molar refractivity (Wildman–Crippen MR) is 92.8 cm³/mol. The van der Waals surface area contributed by atoms with Crippen molar-refractivity contribution in [1.82, 2.24) is 14.9 Å². The minimum Gasteiger partial charge on any atom is -0.377 e. The number of hydrogen-bond acceptors (Lipinski definition) is 5. The van der Waals surface area contributed by atoms with Crippen LogP contribution in [-0.2, 0) is 16.0 Å². The summed E-state index contributed by atoms with van der Waals surface area (Å²) in [5, 5.41) is 0.797. The zero-order valence-corrected chi connectivity index (χ0v) is 15.4. The van der Waals surface area contributed by atoms with Crippen LogP contribution in [0.5, 0.6) is 0 Å². The third-order valence-corrected chi connectivity index (χ3v) is 4.85. The van der Waals surface area contributed by atoms with Crippen molar-refractivity contribution in [3.63, 3.8) is 0 Å². The lowest BCUT2D eigenvalue weighted by Gasteiger charge is -2.32. The molecule has 0 unspecified atom stereocenters. The van der Waals surface area contributed by atoms with Gasteiger partial charge < -0.3 is 9.64 Å². The van der Waals surface area contributed by atoms with Crippen LogP contribution in [0.2, 0.25) is 0 Å². The van der Waals surface area contributed by atoms with Crippen LogP contribution in [0.25, 0.3) is 0 Å². The second-order valence-corrected chi connectivity index (χ2v) is 6.69. The first-order valence-electron chi connectivity index (χ1n) is 8.32. The van der Waals surface area contributed by atoms with Crippen molar-refractivity contribution in [2.24, 2.45) is 0 Å². The van der Waals surface area contributed by atoms with Gasteiger partial charge in [-0.15, -0.1) is 0 Å². The van der Waals surface area contributed by atoms with Gasteiger partial charge in [0.1, 0.15) is 0 Å². The minimum atomic E-state index is 0.199. The summed E-state index contributed by atoms with van der Waals surface area (Å²) < 4.78 is 5.67. The van der Waals surface area contributed by atoms with Crippen LogP contribution in [0.1, 0.15) is 43.1 Å². The van der Waals surface area contributed by atoms with Crippen LogP contribution in [-0.4, -0.2) is 52.8 Å². The highest BCUT2D eigenvalue weighted by Gasteiger charge is 2.24. The standard InChI is InChI=1S/C17H27N3O2S/c1-5-22-14-7-6-10-20(11-14)16(21)9-8-15-12(2)18-17(23-4)19-13(15)3/h14H,5-11H2,1-4H3/t14-/m0/s1. The lowest BCUT2D eigenvalue weighted by molar-refractivity contribution is -0.135. The summed E-state index contributed by atoms with van der Waals surface area (Å²) in [7, 11) is 0. The van der Waals surface area contributed by atoms with Crippen LogP contribution < -0.4 is 0 Å². The van der Waals surface area contributed by atoms with Crippen molar-refractivity contribution in [2.45, 2.75) is 57.7 Å². The summed E-state index contributed by atoms with van der Waals surface area (Å²) in [5.74, 6) is 0.210. The monoisotopic (exact) mass is 337 g/mol. The average molecular weight is 337 g/mol. The molecule has 0 saturated carbocycles. The highest BCUT2D eigenvalue weighted by atomic mass is 32.2. The third kappa shape index (κ3) is 4.91. The Labute approximate surface area is 143 Å². The minimum absolute atomic E-state index is 0.199. The molecule has 1 aromatic rings. The molecule has 1 saturated heterocycles. The lowest BCUT2D eigenvalue weighted by atomic mass is 10.0. The molecule has 0 aromatic carbocycles. The van der Waals surface area contributed by atoms with Crippen molar-refractivity contribution in [2.75, 3.05) is 26.0 Å². The molecule has 5 nitrogen and oxygen atoms in total. The number of carbonyl (C=O) groups is 1. The number of hydrogen-bond donors (Lipinski definition) is 0. The molecule has 1 atom stereocenters. The Hall–Kier alpha value is -1.14. The van der Waals surface area contributed by atoms with Crippen molar-refractivity contribution in [3.8, 4) is 0 Å². The Morgan fingerprint density at radius 1 is 1.35 bits per heavy atom. The van der Waals surface area contributed by atoms with Crippen molar-refractivity contribution in [1.29, 1.82) is 0 Å². The molecule has 1 fully saturated rings. The maximum absolute atomic E-state index is 12.5. The average Bonchev–Trinajstić information content (AvgIpc) is 2.54. The van der Waals surface area contributed by atoms with Gasteiger partial charge in [-0.1, -0.05) is 11.8 Å². The summed E-state index contributed by atoms with van der Waals surface area (Å²) >= 11 is 1.55. The number of amides is 1. The molecule has 23 heavy (non-hydrogen) atoms. The molecule has 0 radical (unpaired) electrons. The van der Waals surface area contributed by atoms with E-state index < -0.39 is 0 Å². The van der Waals surface area contributed by atoms with Gasteiger partial charge in [-0.25, -0.2) is 9.97 Å². The topological polar surface area (TPSA) is 55.3 Å². The fourth-order valence-electron chi connectivity index (χ4n) is 3.09. The van der Waals surface area contributed by atoms with Gasteiger partial charge in [0.05, 0.1) is 6.10 Å². The SMILES string of the molecule is CCO[C@H]1CCCN(C(=O)CCc2c(C)nc(SC)nc2C)C1. The fourth-order valence-corrected chi connectivity index (χ4v) is 3.54. The largest absolute Gasteiger partial charge is 0.377 e. The van der Waals surface area contributed by atoms with Gasteiger partial charge >= 0.3 is 0 Å². The second-order valence-electron chi connectivity index (χ2n) is 5.92. The normalized spacial score (nSPS) is 18.3. The summed E-state index contributed by atoms with van der Waals surface area (Å²) in [6.07, 6.45) is 5.48. The van der Waals surface area contributed by atoms with Crippen molar-refractivity contribution < 1.29 is 9.53 Å². The molecule has 2 rings (SSSR count). The number of rotatable bonds is 6. The quantitative estimate of drug-likeness (QED) is 0.590. The van der Waals surface area contributed by atoms with E-state index in [1.807, 2.05) is 31.9 Å². The van der Waals surface area contributed by atoms with E-state index in [1.165, 1.54) is 0 Å². The first-order valence-corrected chi connectivity index (χ1v) is 9.55. The van der Waals surface area contributed by atoms with Gasteiger partial charge in [0, 0.05) is 37.5 Å². The van der Waals surface area contributed by atoms with Gasteiger partial charge in [-0.3, -0.25) is 4.79 Å². The Morgan fingerprint density at radius 2 is 2.04 bits per heavy atom. The van der Waals surface area contributed by atoms with Gasteiger partial charge in [-0.2, -0.15) is 0 Å². The van der Waals surface area contributed by atoms with Crippen molar-refractivity contribution in [3.05, 3.63) is 17.0 Å². The molecule has 1 aliphatic rings. The van der Waals surface area contributed by atoms with Gasteiger partial charge in [-0.05, 0) is 51.9 Å². The maximum Gasteiger partial charge on any atom is 0.222 e. The zero-order valence-electron chi connectivity index (χ0n) is 14.6. The van der Waals surface area contributed by atoms with Crippen molar-refractivity contribution >= 4 is 17.7 Å². The number of aromatic nitrogens is 2. The van der Waals surface area contributed by atoms with E-state index in [4.69, 9.17) is 4.74 Å². The molecular weight excluding hydrogens is 310 g/mol. The molecule has 128 valence electrons. The van der Waals surface area contributed by atoms with Gasteiger partial charge in [0.25, 0.3) is 0 Å². The number of nitrogens with zero attached hydrogens (tertiary/aromatic N) is 3. The Bertz CT molecular complexity index is 526. The first-order chi connectivity index (χ1) is 11.0. The first kappa shape index (κ1) is 18.2. The maximum atomic E-state index is 12.5. The molecule has 0 spiro atoms. The molecule has 0 bridgehead atoms. The summed E-state index contributed by atoms with van der Waals surface area (Å²) in [6, 6.07) is 0. The molecule has 6 heteroatoms. The number of ether oxygens (including phenoxy) is 1. The molecular formula is C17H27N3O2S. The van der Waals surface area contributed by atoms with Crippen LogP contribution in [0, 0.1) is 13.8 Å². The van der Waals surface area contributed by atoms with E-state index in [0.29, 0.717) is 19.4 Å². The second kappa shape index (κ2) is 8.64. The highest BCUT2D eigenvalue weighted by molar-refractivity contribution is 7.98. The molecule has 1 aliphatic heterocycles. The lowest BCUT2D eigenvalue weighted by Crippen LogP contribution is -2.43. The number of thioether (sulfide) groups is 1. The van der Waals surface area contributed by atoms with E-state index >= 15 is 0 Å². The number of likely N-dealkylation sites (tertiary alicyclic amines) is 1. The molecule has 1 amide bonds. The molecule has 2 heterocycles. The Kier molecular flexibility index (Phi) is 6.84. The van der Waals surface area contributed by atoms with E-state index in [1.54, 1.807) is 11.8 Å². The van der Waals surface area contributed by atoms with E-state index in [-0.39, 0.29) is 12.0 Å². The predicted octanol–water partition coefficient (Wildman–Crippen LogP) is 2.78. The molecule has 1 aromatic heterocycles. The number of piperidine rings is 1. The smallest absolute Gasteiger partial charge is 0.222 e. The van der Waals surface area contributed by atoms with Crippen LogP contribution >= 0.6 is 11.8 Å². The van der Waals surface area contributed by atoms with E-state index in [0.717, 1.165) is 48.0 Å². The van der Waals surface area contributed by atoms with Gasteiger partial charge in [0.15, 0.2) is 5.16 Å². The Morgan fingerprint density at radius 3 is 2.65 bits per heavy atom. The van der Waals surface area contributed by atoms with E-state index in [2.05, 4.69) is 9.97 Å². The zero-order chi connectivity index (χ0) is 16.8.